The molecule has 1 saturated carbocycles. The molecule has 0 radical (unpaired) electrons. The molecule has 0 unspecified atom stereocenters. The molecule has 0 saturated heterocycles. The number of nitrogens with two attached hydrogens (primary N) is 1. The highest BCUT2D eigenvalue weighted by Crippen LogP contribution is 2.45. The van der Waals surface area contributed by atoms with Crippen LogP contribution in [0.1, 0.15) is 40.0 Å². The first-order valence-corrected chi connectivity index (χ1v) is 5.50. The topological polar surface area (TPSA) is 78.2 Å². The van der Waals surface area contributed by atoms with Crippen LogP contribution in [0.4, 0.5) is 4.79 Å². The lowest BCUT2D eigenvalue weighted by Crippen LogP contribution is -2.58. The minimum atomic E-state index is -1.18. The number of rotatable bonds is 2. The highest BCUT2D eigenvalue weighted by molar-refractivity contribution is 5.63. The summed E-state index contributed by atoms with van der Waals surface area (Å²) in [5.41, 5.74) is 5.17. The normalized spacial score (nSPS) is 31.6. The van der Waals surface area contributed by atoms with Crippen molar-refractivity contribution in [2.24, 2.45) is 17.1 Å². The molecule has 4 heteroatoms. The van der Waals surface area contributed by atoms with Gasteiger partial charge in [0.1, 0.15) is 6.09 Å². The lowest BCUT2D eigenvalue weighted by atomic mass is 9.72. The molecule has 0 heterocycles. The van der Waals surface area contributed by atoms with Crippen LogP contribution in [-0.2, 0) is 0 Å². The number of nitrogens with one attached hydrogen (secondary N) is 1. The van der Waals surface area contributed by atoms with E-state index >= 15 is 0 Å². The standard InChI is InChI=1S/C11H22N2O2/c1-10(2,3)11(13-9(14)15)5-4-8(6-11)7-12/h8,13H,4-7,12H2,1-3H3,(H,14,15)/p-1/t8-,11+/m1/s1. The third-order valence-electron chi connectivity index (χ3n) is 3.73. The SMILES string of the molecule is CC(C)(C)[C@]1(NC(=O)[O-])CC[C@@H](CN)C1. The minimum absolute atomic E-state index is 0.100. The van der Waals surface area contributed by atoms with Crippen LogP contribution in [0.15, 0.2) is 0 Å². The van der Waals surface area contributed by atoms with Gasteiger partial charge in [-0.15, -0.1) is 0 Å². The van der Waals surface area contributed by atoms with Crippen molar-refractivity contribution in [1.82, 2.24) is 5.32 Å². The first-order valence-electron chi connectivity index (χ1n) is 5.50. The highest BCUT2D eigenvalue weighted by Gasteiger charge is 2.47. The van der Waals surface area contributed by atoms with Crippen LogP contribution in [0.3, 0.4) is 0 Å². The van der Waals surface area contributed by atoms with Gasteiger partial charge in [0.05, 0.1) is 0 Å². The second kappa shape index (κ2) is 4.00. The van der Waals surface area contributed by atoms with Crippen molar-refractivity contribution in [2.75, 3.05) is 6.54 Å². The van der Waals surface area contributed by atoms with E-state index in [1.807, 2.05) is 0 Å². The maximum absolute atomic E-state index is 10.7. The van der Waals surface area contributed by atoms with E-state index in [0.717, 1.165) is 19.3 Å². The molecule has 1 fully saturated rings. The predicted molar refractivity (Wildman–Crippen MR) is 57.1 cm³/mol. The molecule has 0 spiro atoms. The second-order valence-electron chi connectivity index (χ2n) is 5.59. The van der Waals surface area contributed by atoms with E-state index < -0.39 is 6.09 Å². The van der Waals surface area contributed by atoms with E-state index in [0.29, 0.717) is 12.5 Å². The Bertz CT molecular complexity index is 247. The monoisotopic (exact) mass is 213 g/mol. The Morgan fingerprint density at radius 2 is 2.20 bits per heavy atom. The quantitative estimate of drug-likeness (QED) is 0.699. The molecule has 1 aliphatic carbocycles. The van der Waals surface area contributed by atoms with Crippen molar-refractivity contribution in [3.8, 4) is 0 Å². The summed E-state index contributed by atoms with van der Waals surface area (Å²) in [6.45, 7) is 6.80. The summed E-state index contributed by atoms with van der Waals surface area (Å²) in [4.78, 5) is 10.7. The number of hydrogen-bond acceptors (Lipinski definition) is 3. The summed E-state index contributed by atoms with van der Waals surface area (Å²) in [5.74, 6) is 0.427. The summed E-state index contributed by atoms with van der Waals surface area (Å²) < 4.78 is 0. The fourth-order valence-corrected chi connectivity index (χ4v) is 2.53. The molecule has 1 aliphatic rings. The Morgan fingerprint density at radius 1 is 1.60 bits per heavy atom. The molecule has 2 atom stereocenters. The van der Waals surface area contributed by atoms with Gasteiger partial charge in [-0.25, -0.2) is 0 Å². The van der Waals surface area contributed by atoms with Gasteiger partial charge < -0.3 is 21.0 Å². The summed E-state index contributed by atoms with van der Waals surface area (Å²) in [7, 11) is 0. The van der Waals surface area contributed by atoms with Crippen LogP contribution in [0.25, 0.3) is 0 Å². The second-order valence-corrected chi connectivity index (χ2v) is 5.59. The predicted octanol–water partition coefficient (Wildman–Crippen LogP) is 0.463. The van der Waals surface area contributed by atoms with Crippen molar-refractivity contribution >= 4 is 6.09 Å². The smallest absolute Gasteiger partial charge is 0.134 e. The summed E-state index contributed by atoms with van der Waals surface area (Å²) in [5, 5.41) is 13.4. The van der Waals surface area contributed by atoms with Gasteiger partial charge in [0.15, 0.2) is 0 Å². The maximum Gasteiger partial charge on any atom is 0.134 e. The van der Waals surface area contributed by atoms with Crippen molar-refractivity contribution in [2.45, 2.75) is 45.6 Å². The first-order chi connectivity index (χ1) is 6.81. The van der Waals surface area contributed by atoms with E-state index in [1.165, 1.54) is 0 Å². The van der Waals surface area contributed by atoms with Crippen molar-refractivity contribution in [3.05, 3.63) is 0 Å². The maximum atomic E-state index is 10.7. The van der Waals surface area contributed by atoms with Gasteiger partial charge in [-0.05, 0) is 37.1 Å². The van der Waals surface area contributed by atoms with Crippen LogP contribution in [0.5, 0.6) is 0 Å². The van der Waals surface area contributed by atoms with Gasteiger partial charge in [0.2, 0.25) is 0 Å². The van der Waals surface area contributed by atoms with Gasteiger partial charge >= 0.3 is 0 Å². The van der Waals surface area contributed by atoms with E-state index in [9.17, 15) is 9.90 Å². The van der Waals surface area contributed by atoms with E-state index in [-0.39, 0.29) is 11.0 Å². The van der Waals surface area contributed by atoms with E-state index in [2.05, 4.69) is 26.1 Å². The van der Waals surface area contributed by atoms with Crippen LogP contribution < -0.4 is 16.2 Å². The molecule has 0 aromatic rings. The molecule has 1 amide bonds. The highest BCUT2D eigenvalue weighted by atomic mass is 16.4. The zero-order chi connectivity index (χ0) is 11.7. The Balaban J connectivity index is 2.85. The molecule has 88 valence electrons. The van der Waals surface area contributed by atoms with Crippen LogP contribution >= 0.6 is 0 Å². The third kappa shape index (κ3) is 2.43. The van der Waals surface area contributed by atoms with E-state index in [4.69, 9.17) is 5.73 Å². The molecule has 0 aromatic heterocycles. The zero-order valence-electron chi connectivity index (χ0n) is 9.80. The summed E-state index contributed by atoms with van der Waals surface area (Å²) in [6, 6.07) is 0. The molecule has 0 aliphatic heterocycles. The summed E-state index contributed by atoms with van der Waals surface area (Å²) >= 11 is 0. The summed E-state index contributed by atoms with van der Waals surface area (Å²) in [6.07, 6.45) is 1.49. The van der Waals surface area contributed by atoms with E-state index in [1.54, 1.807) is 0 Å². The molecule has 0 bridgehead atoms. The Labute approximate surface area is 91.2 Å². The van der Waals surface area contributed by atoms with Crippen LogP contribution in [0, 0.1) is 11.3 Å². The number of carbonyl (C=O) groups excluding carboxylic acids is 1. The van der Waals surface area contributed by atoms with Crippen molar-refractivity contribution in [1.29, 1.82) is 0 Å². The van der Waals surface area contributed by atoms with Crippen molar-refractivity contribution in [3.63, 3.8) is 0 Å². The fraction of sp³-hybridized carbons (Fsp3) is 0.909. The average molecular weight is 213 g/mol. The van der Waals surface area contributed by atoms with Gasteiger partial charge in [0, 0.05) is 5.54 Å². The number of carboxylic acid groups (broad SMARTS) is 1. The minimum Gasteiger partial charge on any atom is -0.530 e. The lowest BCUT2D eigenvalue weighted by molar-refractivity contribution is -0.254. The van der Waals surface area contributed by atoms with Gasteiger partial charge in [-0.2, -0.15) is 0 Å². The van der Waals surface area contributed by atoms with Crippen molar-refractivity contribution < 1.29 is 9.90 Å². The third-order valence-corrected chi connectivity index (χ3v) is 3.73. The van der Waals surface area contributed by atoms with Gasteiger partial charge in [0.25, 0.3) is 0 Å². The Hall–Kier alpha value is -0.770. The fourth-order valence-electron chi connectivity index (χ4n) is 2.53. The lowest BCUT2D eigenvalue weighted by Gasteiger charge is -2.44. The van der Waals surface area contributed by atoms with Crippen LogP contribution in [0.2, 0.25) is 0 Å². The molecular formula is C11H21N2O2-. The van der Waals surface area contributed by atoms with Crippen LogP contribution in [-0.4, -0.2) is 18.2 Å². The number of hydrogen-bond donors (Lipinski definition) is 2. The zero-order valence-corrected chi connectivity index (χ0v) is 9.80. The Kier molecular flexibility index (Phi) is 3.28. The van der Waals surface area contributed by atoms with Gasteiger partial charge in [-0.1, -0.05) is 20.8 Å². The average Bonchev–Trinajstić information content (AvgIpc) is 2.47. The molecule has 15 heavy (non-hydrogen) atoms. The molecule has 3 N–H and O–H groups in total. The number of amides is 1. The molecule has 4 nitrogen and oxygen atoms in total. The molecule has 1 rings (SSSR count). The number of carbonyl (C=O) groups is 1. The largest absolute Gasteiger partial charge is 0.530 e. The first kappa shape index (κ1) is 12.3. The Morgan fingerprint density at radius 3 is 2.53 bits per heavy atom. The van der Waals surface area contributed by atoms with Gasteiger partial charge in [-0.3, -0.25) is 0 Å². The molecule has 0 aromatic carbocycles. The molecular weight excluding hydrogens is 192 g/mol.